The number of hydrogen-bond acceptors (Lipinski definition) is 3. The van der Waals surface area contributed by atoms with Crippen LogP contribution in [0.25, 0.3) is 0 Å². The fourth-order valence-electron chi connectivity index (χ4n) is 1.26. The highest BCUT2D eigenvalue weighted by Crippen LogP contribution is 2.22. The number of rotatable bonds is 1. The van der Waals surface area contributed by atoms with Crippen molar-refractivity contribution in [2.45, 2.75) is 6.10 Å². The number of amides is 1. The standard InChI is InChI=1S/C9H9NO3/c11-7-3-1-6(2-4-7)8-5-10-9(12)13-8/h1-4,8,11H,5H2,(H,10,12). The molecule has 1 amide bonds. The average Bonchev–Trinajstić information content (AvgIpc) is 2.53. The van der Waals surface area contributed by atoms with Crippen LogP contribution in [0, 0.1) is 0 Å². The SMILES string of the molecule is O=C1NCC(c2ccc(O)cc2)O1. The zero-order chi connectivity index (χ0) is 9.26. The highest BCUT2D eigenvalue weighted by Gasteiger charge is 2.23. The first-order valence-electron chi connectivity index (χ1n) is 3.99. The summed E-state index contributed by atoms with van der Waals surface area (Å²) in [4.78, 5) is 10.7. The molecule has 4 nitrogen and oxygen atoms in total. The first-order valence-corrected chi connectivity index (χ1v) is 3.99. The van der Waals surface area contributed by atoms with Gasteiger partial charge in [-0.3, -0.25) is 0 Å². The molecule has 2 rings (SSSR count). The van der Waals surface area contributed by atoms with Crippen molar-refractivity contribution in [2.24, 2.45) is 0 Å². The molecule has 1 aliphatic heterocycles. The van der Waals surface area contributed by atoms with Crippen LogP contribution < -0.4 is 5.32 Å². The summed E-state index contributed by atoms with van der Waals surface area (Å²) in [6.07, 6.45) is -0.619. The van der Waals surface area contributed by atoms with Crippen molar-refractivity contribution in [3.63, 3.8) is 0 Å². The van der Waals surface area contributed by atoms with E-state index >= 15 is 0 Å². The number of ether oxygens (including phenoxy) is 1. The van der Waals surface area contributed by atoms with Gasteiger partial charge < -0.3 is 15.2 Å². The summed E-state index contributed by atoms with van der Waals surface area (Å²) in [7, 11) is 0. The monoisotopic (exact) mass is 179 g/mol. The molecule has 4 heteroatoms. The van der Waals surface area contributed by atoms with E-state index in [4.69, 9.17) is 9.84 Å². The molecule has 1 atom stereocenters. The topological polar surface area (TPSA) is 58.6 Å². The van der Waals surface area contributed by atoms with Crippen LogP contribution in [-0.2, 0) is 4.74 Å². The summed E-state index contributed by atoms with van der Waals surface area (Å²) in [5.74, 6) is 0.209. The molecule has 0 aliphatic carbocycles. The number of hydrogen-bond donors (Lipinski definition) is 2. The second-order valence-electron chi connectivity index (χ2n) is 2.87. The van der Waals surface area contributed by atoms with E-state index in [1.807, 2.05) is 0 Å². The van der Waals surface area contributed by atoms with E-state index < -0.39 is 6.09 Å². The fourth-order valence-corrected chi connectivity index (χ4v) is 1.26. The average molecular weight is 179 g/mol. The Balaban J connectivity index is 2.17. The van der Waals surface area contributed by atoms with Crippen molar-refractivity contribution in [1.82, 2.24) is 5.32 Å². The fraction of sp³-hybridized carbons (Fsp3) is 0.222. The Bertz CT molecular complexity index is 320. The molecule has 1 unspecified atom stereocenters. The summed E-state index contributed by atoms with van der Waals surface area (Å²) < 4.78 is 4.96. The Labute approximate surface area is 75.1 Å². The second-order valence-corrected chi connectivity index (χ2v) is 2.87. The van der Waals surface area contributed by atoms with Gasteiger partial charge in [0.25, 0.3) is 0 Å². The molecule has 0 spiro atoms. The van der Waals surface area contributed by atoms with Gasteiger partial charge in [0.05, 0.1) is 6.54 Å². The molecule has 1 aliphatic rings. The Kier molecular flexibility index (Phi) is 1.81. The molecule has 0 saturated carbocycles. The van der Waals surface area contributed by atoms with Crippen LogP contribution in [0.3, 0.4) is 0 Å². The Morgan fingerprint density at radius 2 is 2.08 bits per heavy atom. The van der Waals surface area contributed by atoms with Gasteiger partial charge >= 0.3 is 6.09 Å². The lowest BCUT2D eigenvalue weighted by molar-refractivity contribution is 0.141. The van der Waals surface area contributed by atoms with Crippen LogP contribution in [0.1, 0.15) is 11.7 Å². The van der Waals surface area contributed by atoms with Crippen LogP contribution in [0.4, 0.5) is 4.79 Å². The van der Waals surface area contributed by atoms with Crippen molar-refractivity contribution in [1.29, 1.82) is 0 Å². The summed E-state index contributed by atoms with van der Waals surface area (Å²) in [5.41, 5.74) is 0.885. The Morgan fingerprint density at radius 3 is 2.62 bits per heavy atom. The first kappa shape index (κ1) is 7.91. The lowest BCUT2D eigenvalue weighted by atomic mass is 10.1. The lowest BCUT2D eigenvalue weighted by Gasteiger charge is -2.06. The molecular weight excluding hydrogens is 170 g/mol. The lowest BCUT2D eigenvalue weighted by Crippen LogP contribution is -2.12. The van der Waals surface area contributed by atoms with Crippen LogP contribution >= 0.6 is 0 Å². The third-order valence-corrected chi connectivity index (χ3v) is 1.95. The van der Waals surface area contributed by atoms with Crippen molar-refractivity contribution < 1.29 is 14.6 Å². The Morgan fingerprint density at radius 1 is 1.38 bits per heavy atom. The van der Waals surface area contributed by atoms with Gasteiger partial charge in [-0.1, -0.05) is 12.1 Å². The zero-order valence-corrected chi connectivity index (χ0v) is 6.86. The number of nitrogens with one attached hydrogen (secondary N) is 1. The van der Waals surface area contributed by atoms with Gasteiger partial charge in [-0.2, -0.15) is 0 Å². The minimum Gasteiger partial charge on any atom is -0.508 e. The second kappa shape index (κ2) is 2.97. The number of aromatic hydroxyl groups is 1. The van der Waals surface area contributed by atoms with E-state index in [2.05, 4.69) is 5.32 Å². The molecule has 2 N–H and O–H groups in total. The van der Waals surface area contributed by atoms with Gasteiger partial charge in [-0.25, -0.2) is 4.79 Å². The molecule has 0 bridgehead atoms. The van der Waals surface area contributed by atoms with Crippen molar-refractivity contribution in [3.8, 4) is 5.75 Å². The zero-order valence-electron chi connectivity index (χ0n) is 6.86. The van der Waals surface area contributed by atoms with E-state index in [9.17, 15) is 4.79 Å². The van der Waals surface area contributed by atoms with Gasteiger partial charge in [0, 0.05) is 0 Å². The van der Waals surface area contributed by atoms with Crippen molar-refractivity contribution in [2.75, 3.05) is 6.54 Å². The number of carbonyl (C=O) groups is 1. The highest BCUT2D eigenvalue weighted by atomic mass is 16.6. The number of benzene rings is 1. The number of alkyl carbamates (subject to hydrolysis) is 1. The normalized spacial score (nSPS) is 20.9. The van der Waals surface area contributed by atoms with Gasteiger partial charge in [0.15, 0.2) is 0 Å². The predicted molar refractivity (Wildman–Crippen MR) is 45.3 cm³/mol. The van der Waals surface area contributed by atoms with Gasteiger partial charge in [-0.15, -0.1) is 0 Å². The molecule has 1 heterocycles. The van der Waals surface area contributed by atoms with E-state index in [1.54, 1.807) is 24.3 Å². The number of phenolic OH excluding ortho intramolecular Hbond substituents is 1. The number of phenols is 1. The molecule has 68 valence electrons. The molecule has 1 saturated heterocycles. The smallest absolute Gasteiger partial charge is 0.407 e. The van der Waals surface area contributed by atoms with Gasteiger partial charge in [-0.05, 0) is 17.7 Å². The molecule has 1 aromatic carbocycles. The maximum atomic E-state index is 10.7. The van der Waals surface area contributed by atoms with Gasteiger partial charge in [0.1, 0.15) is 11.9 Å². The minimum absolute atomic E-state index is 0.209. The van der Waals surface area contributed by atoms with Crippen LogP contribution in [0.15, 0.2) is 24.3 Å². The largest absolute Gasteiger partial charge is 0.508 e. The quantitative estimate of drug-likeness (QED) is 0.680. The summed E-state index contributed by atoms with van der Waals surface area (Å²) >= 11 is 0. The maximum Gasteiger partial charge on any atom is 0.407 e. The summed E-state index contributed by atoms with van der Waals surface area (Å²) in [6.45, 7) is 0.490. The van der Waals surface area contributed by atoms with Crippen molar-refractivity contribution in [3.05, 3.63) is 29.8 Å². The van der Waals surface area contributed by atoms with E-state index in [1.165, 1.54) is 0 Å². The molecular formula is C9H9NO3. The number of cyclic esters (lactones) is 1. The predicted octanol–water partition coefficient (Wildman–Crippen LogP) is 1.17. The molecule has 0 radical (unpaired) electrons. The van der Waals surface area contributed by atoms with Gasteiger partial charge in [0.2, 0.25) is 0 Å². The first-order chi connectivity index (χ1) is 6.25. The summed E-state index contributed by atoms with van der Waals surface area (Å²) in [6, 6.07) is 6.61. The number of carbonyl (C=O) groups excluding carboxylic acids is 1. The summed E-state index contributed by atoms with van der Waals surface area (Å²) in [5, 5.41) is 11.6. The molecule has 1 aromatic rings. The van der Waals surface area contributed by atoms with E-state index in [0.29, 0.717) is 6.54 Å². The van der Waals surface area contributed by atoms with Crippen LogP contribution in [0.5, 0.6) is 5.75 Å². The highest BCUT2D eigenvalue weighted by molar-refractivity contribution is 5.69. The Hall–Kier alpha value is -1.71. The van der Waals surface area contributed by atoms with E-state index in [-0.39, 0.29) is 11.9 Å². The van der Waals surface area contributed by atoms with Crippen molar-refractivity contribution >= 4 is 6.09 Å². The van der Waals surface area contributed by atoms with Crippen LogP contribution in [0.2, 0.25) is 0 Å². The third-order valence-electron chi connectivity index (χ3n) is 1.95. The molecule has 13 heavy (non-hydrogen) atoms. The molecule has 1 fully saturated rings. The third kappa shape index (κ3) is 1.56. The molecule has 0 aromatic heterocycles. The van der Waals surface area contributed by atoms with Crippen LogP contribution in [-0.4, -0.2) is 17.7 Å². The van der Waals surface area contributed by atoms with E-state index in [0.717, 1.165) is 5.56 Å². The maximum absolute atomic E-state index is 10.7. The minimum atomic E-state index is -0.391.